The van der Waals surface area contributed by atoms with Crippen LogP contribution in [-0.2, 0) is 0 Å². The summed E-state index contributed by atoms with van der Waals surface area (Å²) in [5.41, 5.74) is 1.65. The maximum Gasteiger partial charge on any atom is 0.151 e. The van der Waals surface area contributed by atoms with E-state index in [0.717, 1.165) is 24.3 Å². The van der Waals surface area contributed by atoms with Gasteiger partial charge in [0.2, 0.25) is 0 Å². The summed E-state index contributed by atoms with van der Waals surface area (Å²) >= 11 is 7.81. The Hall–Kier alpha value is -0.670. The highest BCUT2D eigenvalue weighted by atomic mass is 35.5. The highest BCUT2D eigenvalue weighted by Crippen LogP contribution is 2.30. The SMILES string of the molecule is O=Cc1ccc(N2CCCCS2)cc1Cl. The molecule has 0 aliphatic carbocycles. The molecule has 0 N–H and O–H groups in total. The molecule has 0 saturated carbocycles. The molecular weight excluding hydrogens is 230 g/mol. The van der Waals surface area contributed by atoms with Crippen LogP contribution >= 0.6 is 23.5 Å². The van der Waals surface area contributed by atoms with Crippen molar-refractivity contribution in [1.29, 1.82) is 0 Å². The third-order valence-electron chi connectivity index (χ3n) is 2.40. The van der Waals surface area contributed by atoms with Crippen LogP contribution < -0.4 is 4.31 Å². The lowest BCUT2D eigenvalue weighted by Gasteiger charge is -2.27. The van der Waals surface area contributed by atoms with E-state index in [4.69, 9.17) is 11.6 Å². The Morgan fingerprint density at radius 1 is 1.40 bits per heavy atom. The van der Waals surface area contributed by atoms with Crippen LogP contribution in [-0.4, -0.2) is 18.6 Å². The van der Waals surface area contributed by atoms with E-state index < -0.39 is 0 Å². The predicted molar refractivity (Wildman–Crippen MR) is 65.9 cm³/mol. The van der Waals surface area contributed by atoms with Crippen molar-refractivity contribution < 1.29 is 4.79 Å². The summed E-state index contributed by atoms with van der Waals surface area (Å²) < 4.78 is 2.24. The molecule has 0 amide bonds. The van der Waals surface area contributed by atoms with Crippen LogP contribution in [0, 0.1) is 0 Å². The molecule has 2 rings (SSSR count). The molecule has 1 aromatic carbocycles. The second kappa shape index (κ2) is 4.90. The smallest absolute Gasteiger partial charge is 0.151 e. The monoisotopic (exact) mass is 241 g/mol. The number of hydrogen-bond acceptors (Lipinski definition) is 3. The molecule has 4 heteroatoms. The van der Waals surface area contributed by atoms with Gasteiger partial charge >= 0.3 is 0 Å². The van der Waals surface area contributed by atoms with Crippen LogP contribution in [0.5, 0.6) is 0 Å². The Morgan fingerprint density at radius 3 is 2.87 bits per heavy atom. The summed E-state index contributed by atoms with van der Waals surface area (Å²) in [4.78, 5) is 10.6. The minimum absolute atomic E-state index is 0.536. The molecule has 1 fully saturated rings. The summed E-state index contributed by atoms with van der Waals surface area (Å²) in [6.45, 7) is 1.06. The van der Waals surface area contributed by atoms with Crippen molar-refractivity contribution in [1.82, 2.24) is 0 Å². The van der Waals surface area contributed by atoms with Crippen molar-refractivity contribution in [2.24, 2.45) is 0 Å². The number of rotatable bonds is 2. The molecule has 15 heavy (non-hydrogen) atoms. The van der Waals surface area contributed by atoms with Crippen molar-refractivity contribution in [3.05, 3.63) is 28.8 Å². The van der Waals surface area contributed by atoms with Gasteiger partial charge in [0.05, 0.1) is 5.02 Å². The van der Waals surface area contributed by atoms with Crippen LogP contribution in [0.1, 0.15) is 23.2 Å². The molecule has 2 nitrogen and oxygen atoms in total. The van der Waals surface area contributed by atoms with Gasteiger partial charge in [0.1, 0.15) is 0 Å². The van der Waals surface area contributed by atoms with E-state index in [1.807, 2.05) is 24.1 Å². The molecule has 0 radical (unpaired) electrons. The summed E-state index contributed by atoms with van der Waals surface area (Å²) in [6, 6.07) is 5.59. The van der Waals surface area contributed by atoms with E-state index in [0.29, 0.717) is 10.6 Å². The molecule has 1 heterocycles. The molecular formula is C11H12ClNOS. The molecule has 0 aromatic heterocycles. The Morgan fingerprint density at radius 2 is 2.27 bits per heavy atom. The average Bonchev–Trinajstić information content (AvgIpc) is 2.30. The number of aldehydes is 1. The first kappa shape index (κ1) is 10.8. The van der Waals surface area contributed by atoms with E-state index in [1.165, 1.54) is 12.8 Å². The van der Waals surface area contributed by atoms with Gasteiger partial charge in [-0.15, -0.1) is 0 Å². The molecule has 0 atom stereocenters. The first-order valence-electron chi connectivity index (χ1n) is 4.96. The average molecular weight is 242 g/mol. The van der Waals surface area contributed by atoms with Crippen LogP contribution in [0.2, 0.25) is 5.02 Å². The number of anilines is 1. The lowest BCUT2D eigenvalue weighted by atomic mass is 10.2. The van der Waals surface area contributed by atoms with E-state index in [2.05, 4.69) is 4.31 Å². The number of carbonyl (C=O) groups excluding carboxylic acids is 1. The first-order valence-corrected chi connectivity index (χ1v) is 6.28. The van der Waals surface area contributed by atoms with Crippen molar-refractivity contribution in [3.8, 4) is 0 Å². The van der Waals surface area contributed by atoms with Gasteiger partial charge in [-0.25, -0.2) is 0 Å². The number of carbonyl (C=O) groups is 1. The second-order valence-corrected chi connectivity index (χ2v) is 4.98. The lowest BCUT2D eigenvalue weighted by molar-refractivity contribution is 0.112. The number of halogens is 1. The molecule has 1 aliphatic heterocycles. The maximum atomic E-state index is 10.6. The molecule has 1 aromatic rings. The molecule has 80 valence electrons. The summed E-state index contributed by atoms with van der Waals surface area (Å²) in [7, 11) is 0. The zero-order valence-corrected chi connectivity index (χ0v) is 9.85. The largest absolute Gasteiger partial charge is 0.316 e. The molecule has 1 aliphatic rings. The molecule has 0 unspecified atom stereocenters. The summed E-state index contributed by atoms with van der Waals surface area (Å²) in [5, 5.41) is 0.536. The predicted octanol–water partition coefficient (Wildman–Crippen LogP) is 3.40. The molecule has 0 bridgehead atoms. The van der Waals surface area contributed by atoms with Crippen LogP contribution in [0.25, 0.3) is 0 Å². The van der Waals surface area contributed by atoms with Crippen molar-refractivity contribution in [2.45, 2.75) is 12.8 Å². The summed E-state index contributed by atoms with van der Waals surface area (Å²) in [5.74, 6) is 1.16. The Labute approximate surface area is 98.7 Å². The molecule has 0 spiro atoms. The third-order valence-corrected chi connectivity index (χ3v) is 3.91. The van der Waals surface area contributed by atoms with Crippen molar-refractivity contribution in [2.75, 3.05) is 16.6 Å². The van der Waals surface area contributed by atoms with Crippen LogP contribution in [0.4, 0.5) is 5.69 Å². The second-order valence-electron chi connectivity index (χ2n) is 3.47. The lowest BCUT2D eigenvalue weighted by Crippen LogP contribution is -2.20. The van der Waals surface area contributed by atoms with Gasteiger partial charge in [0.25, 0.3) is 0 Å². The van der Waals surface area contributed by atoms with Crippen LogP contribution in [0.15, 0.2) is 18.2 Å². The van der Waals surface area contributed by atoms with Gasteiger partial charge in [-0.2, -0.15) is 0 Å². The zero-order chi connectivity index (χ0) is 10.7. The van der Waals surface area contributed by atoms with Gasteiger partial charge in [-0.1, -0.05) is 11.6 Å². The van der Waals surface area contributed by atoms with Crippen LogP contribution in [0.3, 0.4) is 0 Å². The fourth-order valence-corrected chi connectivity index (χ4v) is 2.86. The van der Waals surface area contributed by atoms with Gasteiger partial charge in [0, 0.05) is 23.5 Å². The number of hydrogen-bond donors (Lipinski definition) is 0. The van der Waals surface area contributed by atoms with Gasteiger partial charge < -0.3 is 4.31 Å². The Bertz CT molecular complexity index is 364. The quantitative estimate of drug-likeness (QED) is 0.585. The summed E-state index contributed by atoms with van der Waals surface area (Å²) in [6.07, 6.45) is 3.29. The van der Waals surface area contributed by atoms with E-state index in [1.54, 1.807) is 6.07 Å². The maximum absolute atomic E-state index is 10.6. The van der Waals surface area contributed by atoms with E-state index in [9.17, 15) is 4.79 Å². The highest BCUT2D eigenvalue weighted by molar-refractivity contribution is 8.00. The third kappa shape index (κ3) is 2.47. The fraction of sp³-hybridized carbons (Fsp3) is 0.364. The Balaban J connectivity index is 2.21. The van der Waals surface area contributed by atoms with Gasteiger partial charge in [0.15, 0.2) is 6.29 Å². The first-order chi connectivity index (χ1) is 7.31. The Kier molecular flexibility index (Phi) is 3.54. The van der Waals surface area contributed by atoms with E-state index >= 15 is 0 Å². The highest BCUT2D eigenvalue weighted by Gasteiger charge is 2.12. The zero-order valence-electron chi connectivity index (χ0n) is 8.28. The normalized spacial score (nSPS) is 16.5. The minimum Gasteiger partial charge on any atom is -0.316 e. The standard InChI is InChI=1S/C11H12ClNOS/c12-11-7-10(4-3-9(11)8-14)13-5-1-2-6-15-13/h3-4,7-8H,1-2,5-6H2. The van der Waals surface area contributed by atoms with Gasteiger partial charge in [-0.3, -0.25) is 4.79 Å². The fourth-order valence-electron chi connectivity index (χ4n) is 1.57. The topological polar surface area (TPSA) is 20.3 Å². The van der Waals surface area contributed by atoms with Gasteiger partial charge in [-0.05, 0) is 43.0 Å². The minimum atomic E-state index is 0.536. The molecule has 1 saturated heterocycles. The number of nitrogens with zero attached hydrogens (tertiary/aromatic N) is 1. The number of benzene rings is 1. The van der Waals surface area contributed by atoms with Crippen molar-refractivity contribution in [3.63, 3.8) is 0 Å². The van der Waals surface area contributed by atoms with E-state index in [-0.39, 0.29) is 0 Å². The van der Waals surface area contributed by atoms with Crippen molar-refractivity contribution >= 4 is 35.5 Å².